The van der Waals surface area contributed by atoms with Gasteiger partial charge in [0.05, 0.1) is 5.69 Å². The van der Waals surface area contributed by atoms with Gasteiger partial charge in [-0.3, -0.25) is 4.79 Å². The summed E-state index contributed by atoms with van der Waals surface area (Å²) < 4.78 is 1.72. The Balaban J connectivity index is 0.00000182. The van der Waals surface area contributed by atoms with Gasteiger partial charge < -0.3 is 10.2 Å². The van der Waals surface area contributed by atoms with E-state index in [1.807, 2.05) is 37.1 Å². The quantitative estimate of drug-likeness (QED) is 0.911. The molecule has 6 nitrogen and oxygen atoms in total. The van der Waals surface area contributed by atoms with Crippen molar-refractivity contribution in [2.75, 3.05) is 7.05 Å². The topological polar surface area (TPSA) is 63.1 Å². The molecule has 7 heteroatoms. The Bertz CT molecular complexity index is 736. The van der Waals surface area contributed by atoms with Crippen molar-refractivity contribution in [3.05, 3.63) is 42.0 Å². The number of carbonyl (C=O) groups is 1. The van der Waals surface area contributed by atoms with Gasteiger partial charge in [0.1, 0.15) is 12.7 Å². The van der Waals surface area contributed by atoms with Crippen molar-refractivity contribution < 1.29 is 4.79 Å². The summed E-state index contributed by atoms with van der Waals surface area (Å²) in [7, 11) is 1.94. The van der Waals surface area contributed by atoms with Crippen LogP contribution in [0, 0.1) is 6.92 Å². The lowest BCUT2D eigenvalue weighted by Gasteiger charge is -2.35. The maximum atomic E-state index is 12.9. The van der Waals surface area contributed by atoms with E-state index in [-0.39, 0.29) is 18.3 Å². The average Bonchev–Trinajstić information content (AvgIpc) is 3.23. The first kappa shape index (κ1) is 17.9. The van der Waals surface area contributed by atoms with Gasteiger partial charge in [-0.2, -0.15) is 5.10 Å². The number of carbonyl (C=O) groups excluding carboxylic acids is 1. The van der Waals surface area contributed by atoms with E-state index in [2.05, 4.69) is 15.4 Å². The molecule has 0 spiro atoms. The van der Waals surface area contributed by atoms with Crippen molar-refractivity contribution in [3.63, 3.8) is 0 Å². The molecule has 0 aliphatic carbocycles. The van der Waals surface area contributed by atoms with E-state index in [9.17, 15) is 4.79 Å². The highest BCUT2D eigenvalue weighted by Crippen LogP contribution is 2.30. The van der Waals surface area contributed by atoms with Crippen LogP contribution in [-0.4, -0.2) is 50.7 Å². The summed E-state index contributed by atoms with van der Waals surface area (Å²) in [6.45, 7) is 2.00. The number of halogens is 1. The fourth-order valence-electron chi connectivity index (χ4n) is 4.09. The lowest BCUT2D eigenvalue weighted by Crippen LogP contribution is -2.48. The van der Waals surface area contributed by atoms with Crippen LogP contribution in [0.15, 0.2) is 30.9 Å². The molecule has 1 aromatic carbocycles. The molecule has 4 rings (SSSR count). The lowest BCUT2D eigenvalue weighted by atomic mass is 9.97. The van der Waals surface area contributed by atoms with E-state index >= 15 is 0 Å². The van der Waals surface area contributed by atoms with Gasteiger partial charge in [0, 0.05) is 30.7 Å². The second kappa shape index (κ2) is 7.14. The first-order chi connectivity index (χ1) is 11.6. The van der Waals surface area contributed by atoms with Crippen molar-refractivity contribution in [1.29, 1.82) is 0 Å². The molecule has 2 aliphatic heterocycles. The standard InChI is InChI=1S/C18H23N5O.ClH/c1-12-7-13(3-6-17(12)23-11-19-10-20-23)18(24)22(2)16-8-14-4-5-15(9-16)21-14;/h3,6-7,10-11,14-16,21H,4-5,8-9H2,1-2H3;1H. The average molecular weight is 362 g/mol. The van der Waals surface area contributed by atoms with Crippen molar-refractivity contribution in [1.82, 2.24) is 25.0 Å². The number of aryl methyl sites for hydroxylation is 1. The van der Waals surface area contributed by atoms with E-state index in [4.69, 9.17) is 0 Å². The van der Waals surface area contributed by atoms with E-state index < -0.39 is 0 Å². The number of hydrogen-bond donors (Lipinski definition) is 1. The largest absolute Gasteiger partial charge is 0.339 e. The SMILES string of the molecule is Cc1cc(C(=O)N(C)C2CC3CCC(C2)N3)ccc1-n1cncn1.Cl. The van der Waals surface area contributed by atoms with Crippen LogP contribution in [0.4, 0.5) is 0 Å². The number of piperidine rings is 1. The number of nitrogens with zero attached hydrogens (tertiary/aromatic N) is 4. The molecular formula is C18H24ClN5O. The molecule has 25 heavy (non-hydrogen) atoms. The van der Waals surface area contributed by atoms with Crippen LogP contribution >= 0.6 is 12.4 Å². The Labute approximate surface area is 154 Å². The summed E-state index contributed by atoms with van der Waals surface area (Å²) >= 11 is 0. The van der Waals surface area contributed by atoms with Crippen LogP contribution < -0.4 is 5.32 Å². The second-order valence-electron chi connectivity index (χ2n) is 7.02. The van der Waals surface area contributed by atoms with Crippen molar-refractivity contribution in [3.8, 4) is 5.69 Å². The zero-order chi connectivity index (χ0) is 16.7. The van der Waals surface area contributed by atoms with Gasteiger partial charge in [-0.25, -0.2) is 9.67 Å². The number of rotatable bonds is 3. The third-order valence-corrected chi connectivity index (χ3v) is 5.43. The van der Waals surface area contributed by atoms with Crippen LogP contribution in [0.5, 0.6) is 0 Å². The van der Waals surface area contributed by atoms with Gasteiger partial charge in [0.2, 0.25) is 0 Å². The van der Waals surface area contributed by atoms with Crippen molar-refractivity contribution >= 4 is 18.3 Å². The van der Waals surface area contributed by atoms with Crippen LogP contribution in [0.25, 0.3) is 5.69 Å². The van der Waals surface area contributed by atoms with Crippen LogP contribution in [0.3, 0.4) is 0 Å². The predicted molar refractivity (Wildman–Crippen MR) is 98.4 cm³/mol. The zero-order valence-electron chi connectivity index (χ0n) is 14.6. The van der Waals surface area contributed by atoms with Gasteiger partial charge in [-0.05, 0) is 56.4 Å². The number of amides is 1. The molecule has 0 saturated carbocycles. The van der Waals surface area contributed by atoms with E-state index in [0.29, 0.717) is 18.1 Å². The Morgan fingerprint density at radius 1 is 1.28 bits per heavy atom. The minimum Gasteiger partial charge on any atom is -0.339 e. The predicted octanol–water partition coefficient (Wildman–Crippen LogP) is 2.35. The van der Waals surface area contributed by atoms with Crippen LogP contribution in [-0.2, 0) is 0 Å². The molecular weight excluding hydrogens is 338 g/mol. The smallest absolute Gasteiger partial charge is 0.253 e. The van der Waals surface area contributed by atoms with Crippen LogP contribution in [0.2, 0.25) is 0 Å². The Morgan fingerprint density at radius 3 is 2.60 bits per heavy atom. The molecule has 1 aromatic heterocycles. The summed E-state index contributed by atoms with van der Waals surface area (Å²) in [5, 5.41) is 7.79. The van der Waals surface area contributed by atoms with E-state index in [1.165, 1.54) is 19.2 Å². The van der Waals surface area contributed by atoms with Gasteiger partial charge in [-0.1, -0.05) is 0 Å². The van der Waals surface area contributed by atoms with Gasteiger partial charge >= 0.3 is 0 Å². The molecule has 3 heterocycles. The van der Waals surface area contributed by atoms with Crippen molar-refractivity contribution in [2.45, 2.75) is 50.7 Å². The zero-order valence-corrected chi connectivity index (χ0v) is 15.4. The molecule has 2 saturated heterocycles. The van der Waals surface area contributed by atoms with Crippen LogP contribution in [0.1, 0.15) is 41.6 Å². The third kappa shape index (κ3) is 3.41. The minimum atomic E-state index is 0. The fraction of sp³-hybridized carbons (Fsp3) is 0.500. The summed E-state index contributed by atoms with van der Waals surface area (Å²) in [4.78, 5) is 18.8. The molecule has 2 bridgehead atoms. The Hall–Kier alpha value is -1.92. The monoisotopic (exact) mass is 361 g/mol. The number of nitrogens with one attached hydrogen (secondary N) is 1. The molecule has 0 radical (unpaired) electrons. The number of hydrogen-bond acceptors (Lipinski definition) is 4. The maximum Gasteiger partial charge on any atom is 0.253 e. The third-order valence-electron chi connectivity index (χ3n) is 5.43. The molecule has 134 valence electrons. The Morgan fingerprint density at radius 2 is 2.00 bits per heavy atom. The normalized spacial score (nSPS) is 24.6. The Kier molecular flexibility index (Phi) is 5.11. The highest BCUT2D eigenvalue weighted by atomic mass is 35.5. The molecule has 2 fully saturated rings. The highest BCUT2D eigenvalue weighted by Gasteiger charge is 2.36. The fourth-order valence-corrected chi connectivity index (χ4v) is 4.09. The van der Waals surface area contributed by atoms with Gasteiger partial charge in [0.25, 0.3) is 5.91 Å². The lowest BCUT2D eigenvalue weighted by molar-refractivity contribution is 0.0681. The molecule has 2 aliphatic rings. The highest BCUT2D eigenvalue weighted by molar-refractivity contribution is 5.94. The first-order valence-electron chi connectivity index (χ1n) is 8.60. The van der Waals surface area contributed by atoms with Crippen molar-refractivity contribution in [2.24, 2.45) is 0 Å². The molecule has 2 atom stereocenters. The second-order valence-corrected chi connectivity index (χ2v) is 7.02. The molecule has 1 amide bonds. The maximum absolute atomic E-state index is 12.9. The number of aromatic nitrogens is 3. The van der Waals surface area contributed by atoms with E-state index in [0.717, 1.165) is 29.7 Å². The first-order valence-corrected chi connectivity index (χ1v) is 8.60. The summed E-state index contributed by atoms with van der Waals surface area (Å²) in [5.41, 5.74) is 2.71. The van der Waals surface area contributed by atoms with Gasteiger partial charge in [0.15, 0.2) is 0 Å². The molecule has 2 unspecified atom stereocenters. The summed E-state index contributed by atoms with van der Waals surface area (Å²) in [6, 6.07) is 7.29. The molecule has 2 aromatic rings. The summed E-state index contributed by atoms with van der Waals surface area (Å²) in [5.74, 6) is 0.106. The summed E-state index contributed by atoms with van der Waals surface area (Å²) in [6.07, 6.45) is 7.80. The van der Waals surface area contributed by atoms with E-state index in [1.54, 1.807) is 11.0 Å². The molecule has 1 N–H and O–H groups in total. The number of benzene rings is 1. The number of fused-ring (bicyclic) bond motifs is 2. The minimum absolute atomic E-state index is 0. The van der Waals surface area contributed by atoms with Gasteiger partial charge in [-0.15, -0.1) is 12.4 Å².